The molecule has 2 saturated heterocycles. The van der Waals surface area contributed by atoms with E-state index in [-0.39, 0.29) is 18.0 Å². The molecular formula is C6H9NO2. The van der Waals surface area contributed by atoms with Gasteiger partial charge in [0.25, 0.3) is 0 Å². The molecule has 0 aromatic heterocycles. The summed E-state index contributed by atoms with van der Waals surface area (Å²) in [7, 11) is 2.01. The van der Waals surface area contributed by atoms with Gasteiger partial charge in [0.1, 0.15) is 12.0 Å². The maximum atomic E-state index is 10.6. The molecule has 2 fully saturated rings. The van der Waals surface area contributed by atoms with Crippen molar-refractivity contribution in [3.8, 4) is 0 Å². The summed E-state index contributed by atoms with van der Waals surface area (Å²) in [6.07, 6.45) is 0.225. The molecule has 0 aromatic rings. The Labute approximate surface area is 53.6 Å². The highest BCUT2D eigenvalue weighted by Gasteiger charge is 2.47. The van der Waals surface area contributed by atoms with Gasteiger partial charge in [0.15, 0.2) is 0 Å². The smallest absolute Gasteiger partial charge is 0.314 e. The second-order valence-electron chi connectivity index (χ2n) is 2.80. The van der Waals surface area contributed by atoms with E-state index in [0.717, 1.165) is 13.1 Å². The molecule has 0 saturated carbocycles. The number of hydrogen-bond donors (Lipinski definition) is 0. The fraction of sp³-hybridized carbons (Fsp3) is 0.833. The summed E-state index contributed by atoms with van der Waals surface area (Å²) >= 11 is 0. The van der Waals surface area contributed by atoms with Crippen LogP contribution in [0.2, 0.25) is 0 Å². The predicted molar refractivity (Wildman–Crippen MR) is 30.9 cm³/mol. The zero-order valence-electron chi connectivity index (χ0n) is 5.33. The standard InChI is InChI=1S/C6H9NO2/c1-7-2-4-5(3-7)9-6(4)8/h4-5H,2-3H2,1H3. The van der Waals surface area contributed by atoms with Crippen molar-refractivity contribution in [3.63, 3.8) is 0 Å². The summed E-state index contributed by atoms with van der Waals surface area (Å²) in [6, 6.07) is 0. The summed E-state index contributed by atoms with van der Waals surface area (Å²) < 4.78 is 4.85. The van der Waals surface area contributed by atoms with E-state index in [0.29, 0.717) is 0 Å². The maximum Gasteiger partial charge on any atom is 0.314 e. The Balaban J connectivity index is 2.08. The predicted octanol–water partition coefficient (Wildman–Crippen LogP) is -0.527. The zero-order valence-corrected chi connectivity index (χ0v) is 5.33. The van der Waals surface area contributed by atoms with Gasteiger partial charge >= 0.3 is 5.97 Å². The molecule has 0 bridgehead atoms. The minimum Gasteiger partial charge on any atom is -0.460 e. The van der Waals surface area contributed by atoms with E-state index < -0.39 is 0 Å². The van der Waals surface area contributed by atoms with E-state index in [9.17, 15) is 4.79 Å². The minimum absolute atomic E-state index is 0.00986. The van der Waals surface area contributed by atoms with Crippen molar-refractivity contribution in [1.29, 1.82) is 0 Å². The third kappa shape index (κ3) is 0.580. The summed E-state index contributed by atoms with van der Waals surface area (Å²) in [4.78, 5) is 12.7. The largest absolute Gasteiger partial charge is 0.460 e. The lowest BCUT2D eigenvalue weighted by Gasteiger charge is -2.27. The van der Waals surface area contributed by atoms with Crippen molar-refractivity contribution in [2.24, 2.45) is 5.92 Å². The first-order chi connectivity index (χ1) is 4.27. The summed E-state index contributed by atoms with van der Waals surface area (Å²) in [6.45, 7) is 1.82. The highest BCUT2D eigenvalue weighted by molar-refractivity contribution is 5.79. The third-order valence-electron chi connectivity index (χ3n) is 2.02. The second-order valence-corrected chi connectivity index (χ2v) is 2.80. The molecule has 0 spiro atoms. The van der Waals surface area contributed by atoms with Crippen molar-refractivity contribution in [1.82, 2.24) is 4.90 Å². The number of fused-ring (bicyclic) bond motifs is 1. The van der Waals surface area contributed by atoms with Crippen LogP contribution >= 0.6 is 0 Å². The molecular weight excluding hydrogens is 118 g/mol. The second kappa shape index (κ2) is 1.48. The van der Waals surface area contributed by atoms with Gasteiger partial charge < -0.3 is 9.64 Å². The number of likely N-dealkylation sites (tertiary alicyclic amines) is 1. The summed E-state index contributed by atoms with van der Waals surface area (Å²) in [5.74, 6) is 0.194. The highest BCUT2D eigenvalue weighted by atomic mass is 16.6. The molecule has 2 aliphatic heterocycles. The molecule has 2 aliphatic rings. The molecule has 3 heteroatoms. The van der Waals surface area contributed by atoms with Gasteiger partial charge in [-0.1, -0.05) is 0 Å². The minimum atomic E-state index is -0.00986. The van der Waals surface area contributed by atoms with Gasteiger partial charge in [0, 0.05) is 13.1 Å². The van der Waals surface area contributed by atoms with Crippen LogP contribution in [-0.4, -0.2) is 37.1 Å². The Kier molecular flexibility index (Phi) is 0.858. The fourth-order valence-electron chi connectivity index (χ4n) is 1.47. The molecule has 9 heavy (non-hydrogen) atoms. The molecule has 2 atom stereocenters. The van der Waals surface area contributed by atoms with Gasteiger partial charge in [-0.05, 0) is 7.05 Å². The molecule has 0 amide bonds. The van der Waals surface area contributed by atoms with Crippen LogP contribution in [0.15, 0.2) is 0 Å². The van der Waals surface area contributed by atoms with E-state index in [1.54, 1.807) is 0 Å². The Morgan fingerprint density at radius 2 is 2.44 bits per heavy atom. The Bertz CT molecular complexity index is 157. The van der Waals surface area contributed by atoms with E-state index in [2.05, 4.69) is 4.90 Å². The van der Waals surface area contributed by atoms with Gasteiger partial charge in [-0.25, -0.2) is 0 Å². The molecule has 2 rings (SSSR count). The number of carbonyl (C=O) groups is 1. The van der Waals surface area contributed by atoms with Crippen molar-refractivity contribution in [2.75, 3.05) is 20.1 Å². The zero-order chi connectivity index (χ0) is 6.43. The Morgan fingerprint density at radius 1 is 1.67 bits per heavy atom. The maximum absolute atomic E-state index is 10.6. The van der Waals surface area contributed by atoms with E-state index >= 15 is 0 Å². The average molecular weight is 127 g/mol. The van der Waals surface area contributed by atoms with Gasteiger partial charge in [-0.3, -0.25) is 4.79 Å². The molecule has 0 N–H and O–H groups in total. The van der Waals surface area contributed by atoms with Crippen molar-refractivity contribution in [2.45, 2.75) is 6.10 Å². The van der Waals surface area contributed by atoms with E-state index in [4.69, 9.17) is 4.74 Å². The molecule has 0 aliphatic carbocycles. The molecule has 50 valence electrons. The summed E-state index contributed by atoms with van der Waals surface area (Å²) in [5.41, 5.74) is 0. The van der Waals surface area contributed by atoms with Crippen LogP contribution < -0.4 is 0 Å². The SMILES string of the molecule is CN1CC2OC(=O)C2C1. The van der Waals surface area contributed by atoms with Gasteiger partial charge in [0.2, 0.25) is 0 Å². The normalized spacial score (nSPS) is 41.7. The van der Waals surface area contributed by atoms with Crippen LogP contribution in [0.3, 0.4) is 0 Å². The first-order valence-electron chi connectivity index (χ1n) is 3.16. The van der Waals surface area contributed by atoms with Crippen LogP contribution in [0.25, 0.3) is 0 Å². The van der Waals surface area contributed by atoms with E-state index in [1.165, 1.54) is 0 Å². The Hall–Kier alpha value is -0.570. The molecule has 0 radical (unpaired) electrons. The molecule has 2 unspecified atom stereocenters. The van der Waals surface area contributed by atoms with Crippen LogP contribution in [-0.2, 0) is 9.53 Å². The average Bonchev–Trinajstić information content (AvgIpc) is 2.08. The molecule has 0 aromatic carbocycles. The van der Waals surface area contributed by atoms with Crippen molar-refractivity contribution in [3.05, 3.63) is 0 Å². The first-order valence-corrected chi connectivity index (χ1v) is 3.16. The lowest BCUT2D eigenvalue weighted by Crippen LogP contribution is -2.43. The molecule has 3 nitrogen and oxygen atoms in total. The number of hydrogen-bond acceptors (Lipinski definition) is 3. The summed E-state index contributed by atoms with van der Waals surface area (Å²) in [5, 5.41) is 0. The number of rotatable bonds is 0. The van der Waals surface area contributed by atoms with Gasteiger partial charge in [0.05, 0.1) is 0 Å². The number of nitrogens with zero attached hydrogens (tertiary/aromatic N) is 1. The van der Waals surface area contributed by atoms with Crippen LogP contribution in [0, 0.1) is 5.92 Å². The highest BCUT2D eigenvalue weighted by Crippen LogP contribution is 2.28. The van der Waals surface area contributed by atoms with Crippen LogP contribution in [0.1, 0.15) is 0 Å². The van der Waals surface area contributed by atoms with Crippen molar-refractivity contribution >= 4 is 5.97 Å². The number of ether oxygens (including phenoxy) is 1. The Morgan fingerprint density at radius 3 is 2.89 bits per heavy atom. The van der Waals surface area contributed by atoms with Gasteiger partial charge in [-0.15, -0.1) is 0 Å². The molecule has 2 heterocycles. The van der Waals surface area contributed by atoms with Crippen LogP contribution in [0.5, 0.6) is 0 Å². The number of likely N-dealkylation sites (N-methyl/N-ethyl adjacent to an activating group) is 1. The topological polar surface area (TPSA) is 29.5 Å². The van der Waals surface area contributed by atoms with Gasteiger partial charge in [-0.2, -0.15) is 0 Å². The van der Waals surface area contributed by atoms with E-state index in [1.807, 2.05) is 7.05 Å². The fourth-order valence-corrected chi connectivity index (χ4v) is 1.47. The third-order valence-corrected chi connectivity index (χ3v) is 2.02. The van der Waals surface area contributed by atoms with Crippen LogP contribution in [0.4, 0.5) is 0 Å². The monoisotopic (exact) mass is 127 g/mol. The quantitative estimate of drug-likeness (QED) is 0.410. The number of carbonyl (C=O) groups excluding carboxylic acids is 1. The lowest BCUT2D eigenvalue weighted by molar-refractivity contribution is -0.177. The first kappa shape index (κ1) is 5.23. The lowest BCUT2D eigenvalue weighted by atomic mass is 10.0. The van der Waals surface area contributed by atoms with Crippen molar-refractivity contribution < 1.29 is 9.53 Å². The number of esters is 1.